The molecular weight excluding hydrogens is 406 g/mol. The molecule has 2 aliphatic rings. The van der Waals surface area contributed by atoms with E-state index in [4.69, 9.17) is 4.74 Å². The fourth-order valence-corrected chi connectivity index (χ4v) is 4.08. The van der Waals surface area contributed by atoms with Gasteiger partial charge in [0.05, 0.1) is 12.9 Å². The quantitative estimate of drug-likeness (QED) is 0.315. The Labute approximate surface area is 179 Å². The molecule has 12 heteroatoms. The van der Waals surface area contributed by atoms with Crippen LogP contribution in [0.2, 0.25) is 0 Å². The fourth-order valence-electron chi connectivity index (χ4n) is 4.08. The Morgan fingerprint density at radius 3 is 2.71 bits per heavy atom. The minimum atomic E-state index is -1.29. The van der Waals surface area contributed by atoms with E-state index in [1.54, 1.807) is 7.05 Å². The van der Waals surface area contributed by atoms with Gasteiger partial charge in [-0.2, -0.15) is 0 Å². The molecule has 0 aromatic carbocycles. The number of anilines is 1. The molecule has 2 saturated heterocycles. The molecule has 0 radical (unpaired) electrons. The van der Waals surface area contributed by atoms with Gasteiger partial charge >= 0.3 is 0 Å². The summed E-state index contributed by atoms with van der Waals surface area (Å²) in [4.78, 5) is 27.9. The summed E-state index contributed by atoms with van der Waals surface area (Å²) >= 11 is 0. The second kappa shape index (κ2) is 9.40. The Morgan fingerprint density at radius 2 is 2.03 bits per heavy atom. The second-order valence-electron chi connectivity index (χ2n) is 7.86. The number of hydrogen-bond acceptors (Lipinski definition) is 10. The van der Waals surface area contributed by atoms with Crippen molar-refractivity contribution in [1.82, 2.24) is 29.7 Å². The van der Waals surface area contributed by atoms with Crippen LogP contribution in [0.3, 0.4) is 0 Å². The molecule has 4 rings (SSSR count). The molecule has 0 spiro atoms. The normalized spacial score (nSPS) is 26.6. The number of imidazole rings is 1. The Balaban J connectivity index is 1.51. The average Bonchev–Trinajstić information content (AvgIpc) is 3.51. The van der Waals surface area contributed by atoms with E-state index in [9.17, 15) is 20.1 Å². The minimum Gasteiger partial charge on any atom is -0.394 e. The molecule has 5 N–H and O–H groups in total. The van der Waals surface area contributed by atoms with E-state index < -0.39 is 37.1 Å². The summed E-state index contributed by atoms with van der Waals surface area (Å²) in [6.45, 7) is 3.25. The van der Waals surface area contributed by atoms with E-state index in [2.05, 4.69) is 30.5 Å². The molecule has 0 saturated carbocycles. The maximum Gasteiger partial charge on any atom is 0.289 e. The first-order valence-corrected chi connectivity index (χ1v) is 10.6. The maximum atomic E-state index is 12.7. The van der Waals surface area contributed by atoms with Gasteiger partial charge in [-0.05, 0) is 38.9 Å². The fraction of sp³-hybridized carbons (Fsp3) is 0.684. The summed E-state index contributed by atoms with van der Waals surface area (Å²) in [6, 6.07) is 0. The average molecular weight is 435 g/mol. The Bertz CT molecular complexity index is 916. The highest BCUT2D eigenvalue weighted by Gasteiger charge is 2.44. The number of aliphatic hydroxyl groups is 3. The highest BCUT2D eigenvalue weighted by atomic mass is 16.6. The summed E-state index contributed by atoms with van der Waals surface area (Å²) < 4.78 is 7.01. The van der Waals surface area contributed by atoms with E-state index in [1.165, 1.54) is 23.7 Å². The monoisotopic (exact) mass is 435 g/mol. The zero-order valence-electron chi connectivity index (χ0n) is 17.4. The second-order valence-corrected chi connectivity index (χ2v) is 7.86. The number of carbonyl (C=O) groups is 1. The van der Waals surface area contributed by atoms with Crippen LogP contribution in [0.1, 0.15) is 36.1 Å². The molecule has 170 valence electrons. The molecule has 1 amide bonds. The summed E-state index contributed by atoms with van der Waals surface area (Å²) in [6.07, 6.45) is 0.231. The first-order valence-electron chi connectivity index (χ1n) is 10.6. The lowest BCUT2D eigenvalue weighted by molar-refractivity contribution is -0.0511. The van der Waals surface area contributed by atoms with Crippen molar-refractivity contribution in [2.45, 2.75) is 43.8 Å². The molecule has 4 heterocycles. The summed E-state index contributed by atoms with van der Waals surface area (Å²) in [5, 5.41) is 35.5. The summed E-state index contributed by atoms with van der Waals surface area (Å²) in [5.74, 6) is -0.0852. The molecule has 0 aliphatic carbocycles. The minimum absolute atomic E-state index is 0.0356. The van der Waals surface area contributed by atoms with Gasteiger partial charge in [-0.25, -0.2) is 15.0 Å². The molecule has 12 nitrogen and oxygen atoms in total. The van der Waals surface area contributed by atoms with Gasteiger partial charge in [0.25, 0.3) is 5.91 Å². The van der Waals surface area contributed by atoms with Gasteiger partial charge in [0.2, 0.25) is 5.82 Å². The zero-order chi connectivity index (χ0) is 22.0. The van der Waals surface area contributed by atoms with Gasteiger partial charge in [0.15, 0.2) is 23.2 Å². The number of likely N-dealkylation sites (tertiary alicyclic amines) is 1. The number of nitrogens with one attached hydrogen (secondary N) is 2. The van der Waals surface area contributed by atoms with Gasteiger partial charge in [-0.1, -0.05) is 0 Å². The number of ether oxygens (including phenoxy) is 1. The first kappa shape index (κ1) is 21.8. The van der Waals surface area contributed by atoms with Crippen molar-refractivity contribution < 1.29 is 24.9 Å². The third-order valence-corrected chi connectivity index (χ3v) is 5.79. The number of fused-ring (bicyclic) bond motifs is 1. The standard InChI is InChI=1S/C19H29N7O5/c1-20-15-12-17(26(10-22-12)19-14(29)13(28)11(9-27)31-19)24-16(23-15)18(30)21-5-4-8-25-6-2-3-7-25/h10-11,13-14,19,27-29H,2-9H2,1H3,(H,21,30)(H,20,23,24)/t11-,13-,14-,19-/m1/s1. The number of amides is 1. The molecule has 2 fully saturated rings. The van der Waals surface area contributed by atoms with Crippen molar-refractivity contribution in [2.75, 3.05) is 45.2 Å². The molecule has 2 aromatic rings. The number of hydrogen-bond donors (Lipinski definition) is 5. The summed E-state index contributed by atoms with van der Waals surface area (Å²) in [5.41, 5.74) is 0.669. The molecule has 2 aromatic heterocycles. The van der Waals surface area contributed by atoms with E-state index in [0.29, 0.717) is 17.9 Å². The van der Waals surface area contributed by atoms with Crippen molar-refractivity contribution in [1.29, 1.82) is 0 Å². The van der Waals surface area contributed by atoms with Crippen LogP contribution < -0.4 is 10.6 Å². The molecular formula is C19H29N7O5. The van der Waals surface area contributed by atoms with Crippen LogP contribution in [0.25, 0.3) is 11.2 Å². The maximum absolute atomic E-state index is 12.7. The first-order chi connectivity index (χ1) is 15.0. The Morgan fingerprint density at radius 1 is 1.26 bits per heavy atom. The third-order valence-electron chi connectivity index (χ3n) is 5.79. The van der Waals surface area contributed by atoms with Gasteiger partial charge in [0.1, 0.15) is 18.3 Å². The number of carbonyl (C=O) groups excluding carboxylic acids is 1. The van der Waals surface area contributed by atoms with E-state index >= 15 is 0 Å². The van der Waals surface area contributed by atoms with E-state index in [0.717, 1.165) is 26.1 Å². The molecule has 2 aliphatic heterocycles. The van der Waals surface area contributed by atoms with Crippen molar-refractivity contribution >= 4 is 22.9 Å². The lowest BCUT2D eigenvalue weighted by Crippen LogP contribution is -2.33. The molecule has 4 atom stereocenters. The molecule has 0 unspecified atom stereocenters. The largest absolute Gasteiger partial charge is 0.394 e. The van der Waals surface area contributed by atoms with Crippen LogP contribution in [-0.2, 0) is 4.74 Å². The van der Waals surface area contributed by atoms with Gasteiger partial charge in [-0.3, -0.25) is 9.36 Å². The van der Waals surface area contributed by atoms with Crippen LogP contribution >= 0.6 is 0 Å². The van der Waals surface area contributed by atoms with Crippen molar-refractivity contribution in [2.24, 2.45) is 0 Å². The van der Waals surface area contributed by atoms with Crippen molar-refractivity contribution in [3.8, 4) is 0 Å². The predicted octanol–water partition coefficient (Wildman–Crippen LogP) is -1.30. The Kier molecular flexibility index (Phi) is 6.62. The smallest absolute Gasteiger partial charge is 0.289 e. The van der Waals surface area contributed by atoms with Crippen molar-refractivity contribution in [3.05, 3.63) is 12.2 Å². The number of aromatic nitrogens is 4. The van der Waals surface area contributed by atoms with Crippen LogP contribution in [0.15, 0.2) is 6.33 Å². The molecule has 31 heavy (non-hydrogen) atoms. The highest BCUT2D eigenvalue weighted by molar-refractivity contribution is 5.94. The number of nitrogens with zero attached hydrogens (tertiary/aromatic N) is 5. The van der Waals surface area contributed by atoms with Gasteiger partial charge in [-0.15, -0.1) is 0 Å². The van der Waals surface area contributed by atoms with Crippen molar-refractivity contribution in [3.63, 3.8) is 0 Å². The topological polar surface area (TPSA) is 158 Å². The van der Waals surface area contributed by atoms with E-state index in [1.807, 2.05) is 0 Å². The van der Waals surface area contributed by atoms with Crippen LogP contribution in [0.4, 0.5) is 5.82 Å². The third kappa shape index (κ3) is 4.34. The number of rotatable bonds is 8. The SMILES string of the molecule is CNc1nc(C(=O)NCCCN2CCCC2)nc2c1ncn2[C@@H]1O[C@H](CO)[C@@H](O)[C@H]1O. The molecule has 0 bridgehead atoms. The Hall–Kier alpha value is -2.38. The lowest BCUT2D eigenvalue weighted by atomic mass is 10.1. The van der Waals surface area contributed by atoms with Crippen LogP contribution in [0.5, 0.6) is 0 Å². The summed E-state index contributed by atoms with van der Waals surface area (Å²) in [7, 11) is 1.66. The van der Waals surface area contributed by atoms with Gasteiger partial charge < -0.3 is 35.6 Å². The highest BCUT2D eigenvalue weighted by Crippen LogP contribution is 2.32. The van der Waals surface area contributed by atoms with Crippen LogP contribution in [-0.4, -0.2) is 104 Å². The van der Waals surface area contributed by atoms with Gasteiger partial charge in [0, 0.05) is 13.6 Å². The van der Waals surface area contributed by atoms with Crippen LogP contribution in [0, 0.1) is 0 Å². The number of aliphatic hydroxyl groups excluding tert-OH is 3. The lowest BCUT2D eigenvalue weighted by Gasteiger charge is -2.17. The van der Waals surface area contributed by atoms with E-state index in [-0.39, 0.29) is 11.5 Å². The predicted molar refractivity (Wildman–Crippen MR) is 111 cm³/mol. The zero-order valence-corrected chi connectivity index (χ0v) is 17.4.